The van der Waals surface area contributed by atoms with Crippen LogP contribution in [0, 0.1) is 0 Å². The number of hydrogen-bond donors (Lipinski definition) is 0. The molecule has 2 saturated carbocycles. The minimum absolute atomic E-state index is 0.0204. The van der Waals surface area contributed by atoms with Crippen molar-refractivity contribution < 1.29 is 38.4 Å². The summed E-state index contributed by atoms with van der Waals surface area (Å²) < 4.78 is 0. The molecule has 19 rings (SSSR count). The summed E-state index contributed by atoms with van der Waals surface area (Å²) in [5.41, 5.74) is 17.4. The number of amides is 8. The zero-order chi connectivity index (χ0) is 81.2. The van der Waals surface area contributed by atoms with Crippen molar-refractivity contribution in [3.8, 4) is 66.9 Å². The smallest absolute Gasteiger partial charge is 0.261 e. The molecule has 590 valence electrons. The van der Waals surface area contributed by atoms with Crippen LogP contribution in [0.4, 0.5) is 0 Å². The molecular formula is C105H97N5O8. The number of carbonyl (C=O) groups is 8. The summed E-state index contributed by atoms with van der Waals surface area (Å²) in [6.07, 6.45) is 21.7. The van der Waals surface area contributed by atoms with Crippen molar-refractivity contribution in [1.29, 1.82) is 0 Å². The number of imide groups is 4. The van der Waals surface area contributed by atoms with E-state index in [2.05, 4.69) is 118 Å². The largest absolute Gasteiger partial charge is 0.271 e. The first-order valence-corrected chi connectivity index (χ1v) is 42.8. The van der Waals surface area contributed by atoms with Crippen LogP contribution in [-0.4, -0.2) is 96.0 Å². The first-order chi connectivity index (χ1) is 57.8. The van der Waals surface area contributed by atoms with Crippen molar-refractivity contribution in [3.63, 3.8) is 0 Å². The fourth-order valence-corrected chi connectivity index (χ4v) is 19.4. The highest BCUT2D eigenvalue weighted by Crippen LogP contribution is 2.45. The minimum atomic E-state index is -0.172. The maximum atomic E-state index is 13.8. The lowest BCUT2D eigenvalue weighted by molar-refractivity contribution is 0.0487. The Morgan fingerprint density at radius 2 is 0.559 bits per heavy atom. The van der Waals surface area contributed by atoms with E-state index in [4.69, 9.17) is 0 Å². The molecule has 4 aliphatic heterocycles. The first-order valence-electron chi connectivity index (χ1n) is 42.8. The number of aromatic nitrogens is 1. The van der Waals surface area contributed by atoms with E-state index < -0.39 is 0 Å². The van der Waals surface area contributed by atoms with Gasteiger partial charge in [-0.05, 0) is 189 Å². The summed E-state index contributed by atoms with van der Waals surface area (Å²) in [5, 5.41) is 6.79. The topological polar surface area (TPSA) is 162 Å². The summed E-state index contributed by atoms with van der Waals surface area (Å²) in [7, 11) is 0. The van der Waals surface area contributed by atoms with Gasteiger partial charge in [0.15, 0.2) is 0 Å². The molecule has 13 heteroatoms. The summed E-state index contributed by atoms with van der Waals surface area (Å²) in [5.74, 6) is -1.30. The lowest BCUT2D eigenvalue weighted by Crippen LogP contribution is -2.47. The number of hydrogen-bond acceptors (Lipinski definition) is 9. The van der Waals surface area contributed by atoms with Crippen LogP contribution in [0.5, 0.6) is 0 Å². The Morgan fingerprint density at radius 1 is 0.271 bits per heavy atom. The molecule has 2 fully saturated rings. The molecule has 12 aromatic carbocycles. The van der Waals surface area contributed by atoms with Crippen molar-refractivity contribution in [3.05, 3.63) is 293 Å². The molecule has 8 amide bonds. The maximum Gasteiger partial charge on any atom is 0.261 e. The van der Waals surface area contributed by atoms with E-state index in [0.29, 0.717) is 44.5 Å². The lowest BCUT2D eigenvalue weighted by atomic mass is 9.86. The number of pyridine rings is 1. The monoisotopic (exact) mass is 1560 g/mol. The molecule has 1 aromatic heterocycles. The Bertz CT molecular complexity index is 5640. The molecule has 13 nitrogen and oxygen atoms in total. The molecule has 6 aliphatic rings. The molecule has 0 saturated heterocycles. The minimum Gasteiger partial charge on any atom is -0.271 e. The second-order valence-electron chi connectivity index (χ2n) is 32.5. The zero-order valence-corrected chi connectivity index (χ0v) is 67.6. The van der Waals surface area contributed by atoms with Gasteiger partial charge in [0.2, 0.25) is 0 Å². The maximum absolute atomic E-state index is 13.8. The van der Waals surface area contributed by atoms with Crippen LogP contribution >= 0.6 is 0 Å². The van der Waals surface area contributed by atoms with Gasteiger partial charge in [-0.15, -0.1) is 0 Å². The summed E-state index contributed by atoms with van der Waals surface area (Å²) in [6, 6.07) is 80.1. The SMILES string of the molecule is CCCCCC(CC)N1C(=O)c2cccc3c(-c4ccccc4)ccc(c23)C1=O.CCCCCC(CC)N1C(=O)c2cccc3c(-c4ccccn4)ccc(c23)C1=O.O=C1c2cccc3c(-c4ccc(-c5ccc(-c6ccc(-c7ccc8c9c(cccc79)C(=O)N(C7CCCCC7)C8=O)cc6)cc5)cc4)ccc(c23)C(=O)N1C1CCCCC1. The molecular weight excluding hydrogens is 1460 g/mol. The van der Waals surface area contributed by atoms with E-state index in [-0.39, 0.29) is 71.4 Å². The van der Waals surface area contributed by atoms with Crippen LogP contribution in [0.25, 0.3) is 110 Å². The van der Waals surface area contributed by atoms with Gasteiger partial charge in [0.25, 0.3) is 47.3 Å². The standard InChI is InChI=1S/C54H44N2O4.C26H27NO2.C25H26N2O2/c57-51-45-15-7-13-43-41(29-31-47(49(43)45)53(59)55(51)39-9-3-1-4-10-39)37-25-21-35(22-26-37)33-17-19-34(20-18-33)36-23-27-38(28-24-36)42-30-32-48-50-44(42)14-8-16-46(50)52(58)56(54(48)60)40-11-5-2-6-12-40;1-3-5-7-13-19(4-2)27-25(28)22-15-10-14-21-20(18-11-8-6-9-12-18)16-17-23(24(21)22)26(27)29;1-3-5-6-10-17(4-2)27-24(28)20-12-9-11-19-18(22-13-7-8-16-26-22)14-15-21(23(19)20)25(27)29/h7-8,13-32,39-40H,1-6,9-12H2;6,8-12,14-17,19H,3-5,7,13H2,1-2H3;7-9,11-17H,3-6,10H2,1-2H3. The van der Waals surface area contributed by atoms with Gasteiger partial charge in [0.05, 0.1) is 5.69 Å². The predicted octanol–water partition coefficient (Wildman–Crippen LogP) is 24.8. The van der Waals surface area contributed by atoms with Crippen LogP contribution in [-0.2, 0) is 0 Å². The fourth-order valence-electron chi connectivity index (χ4n) is 19.4. The van der Waals surface area contributed by atoms with Gasteiger partial charge in [-0.1, -0.05) is 287 Å². The lowest BCUT2D eigenvalue weighted by Gasteiger charge is -2.36. The molecule has 5 heterocycles. The molecule has 2 aliphatic carbocycles. The van der Waals surface area contributed by atoms with Gasteiger partial charge in [-0.3, -0.25) is 62.9 Å². The van der Waals surface area contributed by atoms with Gasteiger partial charge in [0.1, 0.15) is 0 Å². The van der Waals surface area contributed by atoms with E-state index in [9.17, 15) is 38.4 Å². The molecule has 0 N–H and O–H groups in total. The number of benzene rings is 12. The van der Waals surface area contributed by atoms with Crippen molar-refractivity contribution >= 4 is 90.3 Å². The van der Waals surface area contributed by atoms with Gasteiger partial charge in [-0.25, -0.2) is 0 Å². The van der Waals surface area contributed by atoms with Crippen LogP contribution in [0.1, 0.15) is 239 Å². The Morgan fingerprint density at radius 3 is 0.890 bits per heavy atom. The average molecular weight is 1560 g/mol. The van der Waals surface area contributed by atoms with Crippen molar-refractivity contribution in [2.75, 3.05) is 0 Å². The second kappa shape index (κ2) is 33.9. The third-order valence-electron chi connectivity index (χ3n) is 25.6. The predicted molar refractivity (Wildman–Crippen MR) is 472 cm³/mol. The van der Waals surface area contributed by atoms with Crippen molar-refractivity contribution in [2.24, 2.45) is 0 Å². The van der Waals surface area contributed by atoms with E-state index in [0.717, 1.165) is 238 Å². The normalized spacial score (nSPS) is 15.9. The van der Waals surface area contributed by atoms with Crippen LogP contribution in [0.15, 0.2) is 249 Å². The average Bonchev–Trinajstić information content (AvgIpc) is 0.743. The summed E-state index contributed by atoms with van der Waals surface area (Å²) in [6.45, 7) is 8.44. The third-order valence-corrected chi connectivity index (χ3v) is 25.6. The number of nitrogens with zero attached hydrogens (tertiary/aromatic N) is 5. The van der Waals surface area contributed by atoms with Crippen LogP contribution < -0.4 is 0 Å². The molecule has 0 spiro atoms. The zero-order valence-electron chi connectivity index (χ0n) is 67.6. The molecule has 118 heavy (non-hydrogen) atoms. The quantitative estimate of drug-likeness (QED) is 0.0534. The highest BCUT2D eigenvalue weighted by Gasteiger charge is 2.43. The summed E-state index contributed by atoms with van der Waals surface area (Å²) >= 11 is 0. The first kappa shape index (κ1) is 77.9. The van der Waals surface area contributed by atoms with Gasteiger partial charge >= 0.3 is 0 Å². The van der Waals surface area contributed by atoms with Crippen molar-refractivity contribution in [1.82, 2.24) is 24.6 Å². The number of carbonyl (C=O) groups excluding carboxylic acids is 8. The number of rotatable bonds is 20. The van der Waals surface area contributed by atoms with Crippen LogP contribution in [0.3, 0.4) is 0 Å². The molecule has 13 aromatic rings. The fraction of sp³-hybridized carbons (Fsp3) is 0.267. The Labute approximate surface area is 689 Å². The van der Waals surface area contributed by atoms with E-state index in [1.165, 1.54) is 9.80 Å². The Kier molecular flexibility index (Phi) is 22.4. The highest BCUT2D eigenvalue weighted by molar-refractivity contribution is 6.30. The highest BCUT2D eigenvalue weighted by atomic mass is 16.2. The third kappa shape index (κ3) is 14.3. The van der Waals surface area contributed by atoms with Crippen molar-refractivity contribution in [2.45, 2.75) is 180 Å². The second-order valence-corrected chi connectivity index (χ2v) is 32.5. The molecule has 2 unspecified atom stereocenters. The van der Waals surface area contributed by atoms with Gasteiger partial charge in [-0.2, -0.15) is 0 Å². The van der Waals surface area contributed by atoms with Gasteiger partial charge < -0.3 is 0 Å². The van der Waals surface area contributed by atoms with E-state index >= 15 is 0 Å². The van der Waals surface area contributed by atoms with Crippen LogP contribution in [0.2, 0.25) is 0 Å². The molecule has 2 atom stereocenters. The summed E-state index contributed by atoms with van der Waals surface area (Å²) in [4.78, 5) is 119. The number of unbranched alkanes of at least 4 members (excludes halogenated alkanes) is 4. The van der Waals surface area contributed by atoms with E-state index in [1.807, 2.05) is 158 Å². The van der Waals surface area contributed by atoms with E-state index in [1.54, 1.807) is 16.0 Å². The molecule has 0 bridgehead atoms. The Balaban J connectivity index is 0.000000143. The van der Waals surface area contributed by atoms with Gasteiger partial charge in [0, 0.05) is 102 Å². The Hall–Kier alpha value is -12.6. The molecule has 0 radical (unpaired) electrons.